The third-order valence-electron chi connectivity index (χ3n) is 7.46. The second-order valence-corrected chi connectivity index (χ2v) is 11.0. The number of hydrogen-bond donors (Lipinski definition) is 2. The summed E-state index contributed by atoms with van der Waals surface area (Å²) in [4.78, 5) is 19.8. The molecule has 0 aromatic carbocycles. The van der Waals surface area contributed by atoms with Crippen molar-refractivity contribution in [3.05, 3.63) is 29.2 Å². The summed E-state index contributed by atoms with van der Waals surface area (Å²) in [7, 11) is -1.08. The Balaban J connectivity index is 1.29. The first kappa shape index (κ1) is 20.4. The van der Waals surface area contributed by atoms with E-state index in [1.165, 1.54) is 24.1 Å². The molecule has 170 valence electrons. The van der Waals surface area contributed by atoms with Crippen LogP contribution in [0.1, 0.15) is 49.1 Å². The lowest BCUT2D eigenvalue weighted by atomic mass is 9.77. The number of aryl methyl sites for hydroxylation is 1. The monoisotopic (exact) mass is 454 g/mol. The van der Waals surface area contributed by atoms with Crippen molar-refractivity contribution in [3.63, 3.8) is 0 Å². The van der Waals surface area contributed by atoms with Gasteiger partial charge in [0.25, 0.3) is 0 Å². The summed E-state index contributed by atoms with van der Waals surface area (Å²) in [5, 5.41) is 13.4. The Bertz CT molecular complexity index is 1060. The van der Waals surface area contributed by atoms with Gasteiger partial charge in [-0.1, -0.05) is 0 Å². The highest BCUT2D eigenvalue weighted by Crippen LogP contribution is 2.38. The summed E-state index contributed by atoms with van der Waals surface area (Å²) < 4.78 is 12.7. The van der Waals surface area contributed by atoms with E-state index >= 15 is 0 Å². The summed E-state index contributed by atoms with van der Waals surface area (Å²) in [6, 6.07) is 2.31. The highest BCUT2D eigenvalue weighted by molar-refractivity contribution is 7.85. The van der Waals surface area contributed by atoms with Gasteiger partial charge in [-0.25, -0.2) is 4.98 Å². The van der Waals surface area contributed by atoms with Crippen molar-refractivity contribution in [1.29, 1.82) is 0 Å². The maximum absolute atomic E-state index is 12.7. The van der Waals surface area contributed by atoms with Gasteiger partial charge >= 0.3 is 0 Å². The Labute approximate surface area is 190 Å². The molecule has 4 aliphatic rings. The summed E-state index contributed by atoms with van der Waals surface area (Å²) in [6.45, 7) is 3.84. The molecule has 0 spiro atoms. The average molecular weight is 455 g/mol. The number of aliphatic hydroxyl groups excluding tert-OH is 1. The number of aliphatic hydroxyl groups is 1. The molecule has 8 nitrogen and oxygen atoms in total. The number of fused-ring (bicyclic) bond motifs is 2. The quantitative estimate of drug-likeness (QED) is 0.709. The maximum atomic E-state index is 12.7. The van der Waals surface area contributed by atoms with Gasteiger partial charge in [0.15, 0.2) is 0 Å². The van der Waals surface area contributed by atoms with E-state index in [1.54, 1.807) is 0 Å². The lowest BCUT2D eigenvalue weighted by Gasteiger charge is -2.41. The molecule has 0 bridgehead atoms. The van der Waals surface area contributed by atoms with E-state index in [0.29, 0.717) is 30.5 Å². The molecule has 1 atom stereocenters. The van der Waals surface area contributed by atoms with Gasteiger partial charge in [0.05, 0.1) is 52.8 Å². The molecule has 2 aromatic rings. The number of hydrogen-bond acceptors (Lipinski definition) is 8. The SMILES string of the molecule is O=[S@]1CCc2nc(N3CCc4cc(N5CCCC5)cnc4C3)nc(NC3(CO)CCC3)c21. The number of anilines is 3. The Kier molecular flexibility index (Phi) is 5.06. The third-order valence-corrected chi connectivity index (χ3v) is 8.92. The van der Waals surface area contributed by atoms with Crippen molar-refractivity contribution in [3.8, 4) is 0 Å². The zero-order valence-corrected chi connectivity index (χ0v) is 19.2. The van der Waals surface area contributed by atoms with Gasteiger partial charge in [-0.2, -0.15) is 4.98 Å². The van der Waals surface area contributed by atoms with Gasteiger partial charge in [-0.15, -0.1) is 0 Å². The zero-order chi connectivity index (χ0) is 21.7. The van der Waals surface area contributed by atoms with Gasteiger partial charge in [0.2, 0.25) is 5.95 Å². The largest absolute Gasteiger partial charge is 0.394 e. The predicted octanol–water partition coefficient (Wildman–Crippen LogP) is 2.03. The van der Waals surface area contributed by atoms with E-state index in [1.807, 2.05) is 6.20 Å². The topological polar surface area (TPSA) is 94.5 Å². The van der Waals surface area contributed by atoms with Gasteiger partial charge < -0.3 is 20.2 Å². The zero-order valence-electron chi connectivity index (χ0n) is 18.3. The molecule has 1 saturated carbocycles. The molecule has 2 fully saturated rings. The molecular weight excluding hydrogens is 424 g/mol. The van der Waals surface area contributed by atoms with E-state index < -0.39 is 10.8 Å². The van der Waals surface area contributed by atoms with Gasteiger partial charge in [0, 0.05) is 31.8 Å². The highest BCUT2D eigenvalue weighted by atomic mass is 32.2. The van der Waals surface area contributed by atoms with Crippen LogP contribution >= 0.6 is 0 Å². The molecule has 32 heavy (non-hydrogen) atoms. The normalized spacial score (nSPS) is 23.6. The van der Waals surface area contributed by atoms with Gasteiger partial charge in [-0.05, 0) is 50.2 Å². The molecule has 2 N–H and O–H groups in total. The third kappa shape index (κ3) is 3.46. The molecule has 1 aliphatic carbocycles. The Morgan fingerprint density at radius 3 is 2.66 bits per heavy atom. The fourth-order valence-electron chi connectivity index (χ4n) is 5.31. The summed E-state index contributed by atoms with van der Waals surface area (Å²) in [6.07, 6.45) is 9.06. The van der Waals surface area contributed by atoms with Crippen LogP contribution in [0, 0.1) is 0 Å². The number of pyridine rings is 1. The lowest BCUT2D eigenvalue weighted by molar-refractivity contribution is 0.143. The van der Waals surface area contributed by atoms with Gasteiger partial charge in [-0.3, -0.25) is 9.19 Å². The van der Waals surface area contributed by atoms with E-state index in [-0.39, 0.29) is 12.1 Å². The van der Waals surface area contributed by atoms with Crippen LogP contribution in [0.4, 0.5) is 17.5 Å². The maximum Gasteiger partial charge on any atom is 0.227 e. The minimum Gasteiger partial charge on any atom is -0.394 e. The highest BCUT2D eigenvalue weighted by Gasteiger charge is 2.39. The fourth-order valence-corrected chi connectivity index (χ4v) is 6.61. The van der Waals surface area contributed by atoms with Crippen LogP contribution in [0.15, 0.2) is 17.2 Å². The second-order valence-electron chi connectivity index (χ2n) is 9.53. The van der Waals surface area contributed by atoms with Crippen molar-refractivity contribution in [2.45, 2.75) is 61.9 Å². The smallest absolute Gasteiger partial charge is 0.227 e. The van der Waals surface area contributed by atoms with Crippen LogP contribution in [-0.4, -0.2) is 61.8 Å². The van der Waals surface area contributed by atoms with E-state index in [9.17, 15) is 9.32 Å². The molecule has 6 rings (SSSR count). The first-order valence-corrected chi connectivity index (χ1v) is 13.1. The number of nitrogens with zero attached hydrogens (tertiary/aromatic N) is 5. The molecule has 9 heteroatoms. The molecule has 5 heterocycles. The molecular formula is C23H30N6O2S. The number of rotatable bonds is 5. The van der Waals surface area contributed by atoms with Crippen molar-refractivity contribution < 1.29 is 9.32 Å². The van der Waals surface area contributed by atoms with Crippen LogP contribution < -0.4 is 15.1 Å². The first-order chi connectivity index (χ1) is 15.6. The number of nitrogens with one attached hydrogen (secondary N) is 1. The van der Waals surface area contributed by atoms with Crippen molar-refractivity contribution >= 4 is 28.3 Å². The van der Waals surface area contributed by atoms with E-state index in [4.69, 9.17) is 15.0 Å². The molecule has 3 aliphatic heterocycles. The van der Waals surface area contributed by atoms with Crippen LogP contribution in [0.3, 0.4) is 0 Å². The minimum atomic E-state index is -1.08. The first-order valence-electron chi connectivity index (χ1n) is 11.8. The Hall–Kier alpha value is -2.26. The molecule has 0 radical (unpaired) electrons. The predicted molar refractivity (Wildman–Crippen MR) is 125 cm³/mol. The van der Waals surface area contributed by atoms with Gasteiger partial charge in [0.1, 0.15) is 10.7 Å². The lowest BCUT2D eigenvalue weighted by Crippen LogP contribution is -2.48. The standard InChI is InChI=1S/C23H30N6O2S/c30-15-23(6-3-7-23)27-21-20-18(5-11-32(20)31)25-22(26-21)29-10-4-16-12-17(13-24-19(16)14-29)28-8-1-2-9-28/h12-13,30H,1-11,14-15H2,(H,25,26,27)/t32-/m0/s1. The van der Waals surface area contributed by atoms with Crippen LogP contribution in [0.5, 0.6) is 0 Å². The van der Waals surface area contributed by atoms with Crippen LogP contribution in [0.2, 0.25) is 0 Å². The van der Waals surface area contributed by atoms with Crippen molar-refractivity contribution in [2.24, 2.45) is 0 Å². The average Bonchev–Trinajstić information content (AvgIpc) is 3.46. The molecule has 2 aromatic heterocycles. The molecule has 1 saturated heterocycles. The second kappa shape index (κ2) is 7.95. The Morgan fingerprint density at radius 2 is 1.91 bits per heavy atom. The van der Waals surface area contributed by atoms with E-state index in [2.05, 4.69) is 21.2 Å². The summed E-state index contributed by atoms with van der Waals surface area (Å²) in [5.41, 5.74) is 4.19. The minimum absolute atomic E-state index is 0.0636. The molecule has 0 unspecified atom stereocenters. The van der Waals surface area contributed by atoms with Crippen molar-refractivity contribution in [1.82, 2.24) is 15.0 Å². The number of aromatic nitrogens is 3. The molecule has 0 amide bonds. The van der Waals surface area contributed by atoms with Crippen LogP contribution in [0.25, 0.3) is 0 Å². The fraction of sp³-hybridized carbons (Fsp3) is 0.609. The van der Waals surface area contributed by atoms with E-state index in [0.717, 1.165) is 61.6 Å². The van der Waals surface area contributed by atoms with Crippen LogP contribution in [-0.2, 0) is 30.2 Å². The summed E-state index contributed by atoms with van der Waals surface area (Å²) >= 11 is 0. The Morgan fingerprint density at radius 1 is 1.06 bits per heavy atom. The summed E-state index contributed by atoms with van der Waals surface area (Å²) in [5.74, 6) is 1.92. The van der Waals surface area contributed by atoms with Crippen molar-refractivity contribution in [2.75, 3.05) is 47.1 Å².